The van der Waals surface area contributed by atoms with Crippen LogP contribution < -0.4 is 15.1 Å². The third-order valence-electron chi connectivity index (χ3n) is 5.29. The number of nitrogens with zero attached hydrogens (tertiary/aromatic N) is 3. The summed E-state index contributed by atoms with van der Waals surface area (Å²) >= 11 is 1.28. The van der Waals surface area contributed by atoms with E-state index in [-0.39, 0.29) is 11.2 Å². The first-order chi connectivity index (χ1) is 15.5. The van der Waals surface area contributed by atoms with E-state index in [2.05, 4.69) is 16.8 Å². The zero-order valence-corrected chi connectivity index (χ0v) is 18.3. The molecule has 0 unspecified atom stereocenters. The molecule has 0 radical (unpaired) electrons. The third-order valence-corrected chi connectivity index (χ3v) is 6.13. The Kier molecular flexibility index (Phi) is 4.86. The number of anilines is 1. The fourth-order valence-corrected chi connectivity index (χ4v) is 4.63. The average molecular weight is 446 g/mol. The van der Waals surface area contributed by atoms with E-state index in [9.17, 15) is 9.59 Å². The van der Waals surface area contributed by atoms with Crippen molar-refractivity contribution in [1.29, 1.82) is 0 Å². The van der Waals surface area contributed by atoms with Crippen LogP contribution in [0.1, 0.15) is 38.3 Å². The van der Waals surface area contributed by atoms with Crippen molar-refractivity contribution in [3.63, 3.8) is 0 Å². The molecular weight excluding hydrogens is 426 g/mol. The van der Waals surface area contributed by atoms with Gasteiger partial charge in [-0.25, -0.2) is 0 Å². The standard InChI is InChI=1S/C24H19N3O4S/c1-4-10-30-16-7-5-6-15(12-16)20-19-21(28)17-11-13(2)8-9-18(17)31-22(19)23(29)27(20)24-26-25-14(3)32-24/h4-9,11-12,20H,1,10H2,2-3H3/t20-/m1/s1. The molecule has 2 aromatic carbocycles. The van der Waals surface area contributed by atoms with Gasteiger partial charge < -0.3 is 9.15 Å². The quantitative estimate of drug-likeness (QED) is 0.418. The molecule has 3 heterocycles. The van der Waals surface area contributed by atoms with Gasteiger partial charge in [0.05, 0.1) is 17.0 Å². The largest absolute Gasteiger partial charge is 0.490 e. The molecule has 5 rings (SSSR count). The van der Waals surface area contributed by atoms with Crippen molar-refractivity contribution < 1.29 is 13.9 Å². The minimum absolute atomic E-state index is 0.0293. The van der Waals surface area contributed by atoms with Crippen LogP contribution in [0.4, 0.5) is 5.13 Å². The van der Waals surface area contributed by atoms with Crippen molar-refractivity contribution in [2.75, 3.05) is 11.5 Å². The highest BCUT2D eigenvalue weighted by Crippen LogP contribution is 2.42. The van der Waals surface area contributed by atoms with Gasteiger partial charge in [-0.05, 0) is 43.7 Å². The molecule has 4 aromatic rings. The summed E-state index contributed by atoms with van der Waals surface area (Å²) in [6.07, 6.45) is 1.65. The number of carbonyl (C=O) groups excluding carboxylic acids is 1. The second-order valence-electron chi connectivity index (χ2n) is 7.53. The predicted molar refractivity (Wildman–Crippen MR) is 123 cm³/mol. The lowest BCUT2D eigenvalue weighted by Gasteiger charge is -2.22. The Hall–Kier alpha value is -3.78. The number of hydrogen-bond acceptors (Lipinski definition) is 7. The van der Waals surface area contributed by atoms with Crippen molar-refractivity contribution >= 4 is 33.3 Å². The predicted octanol–water partition coefficient (Wildman–Crippen LogP) is 4.58. The van der Waals surface area contributed by atoms with Crippen molar-refractivity contribution in [1.82, 2.24) is 10.2 Å². The Morgan fingerprint density at radius 2 is 2.03 bits per heavy atom. The second kappa shape index (κ2) is 7.72. The fraction of sp³-hybridized carbons (Fsp3) is 0.167. The molecule has 0 N–H and O–H groups in total. The number of aromatic nitrogens is 2. The van der Waals surface area contributed by atoms with Crippen LogP contribution in [0.5, 0.6) is 5.75 Å². The van der Waals surface area contributed by atoms with Gasteiger partial charge in [-0.1, -0.05) is 47.8 Å². The summed E-state index contributed by atoms with van der Waals surface area (Å²) in [7, 11) is 0. The maximum Gasteiger partial charge on any atom is 0.297 e. The molecule has 160 valence electrons. The van der Waals surface area contributed by atoms with Gasteiger partial charge in [0.2, 0.25) is 10.9 Å². The van der Waals surface area contributed by atoms with Gasteiger partial charge in [0.15, 0.2) is 5.43 Å². The van der Waals surface area contributed by atoms with E-state index in [1.54, 1.807) is 18.2 Å². The molecule has 1 aliphatic heterocycles. The molecule has 1 aliphatic rings. The Morgan fingerprint density at radius 3 is 2.78 bits per heavy atom. The smallest absolute Gasteiger partial charge is 0.297 e. The van der Waals surface area contributed by atoms with E-state index < -0.39 is 11.9 Å². The monoisotopic (exact) mass is 445 g/mol. The number of benzene rings is 2. The van der Waals surface area contributed by atoms with Gasteiger partial charge in [0.1, 0.15) is 22.9 Å². The van der Waals surface area contributed by atoms with Crippen LogP contribution in [0.25, 0.3) is 11.0 Å². The molecule has 0 aliphatic carbocycles. The van der Waals surface area contributed by atoms with Crippen LogP contribution in [0, 0.1) is 13.8 Å². The van der Waals surface area contributed by atoms with Gasteiger partial charge in [-0.3, -0.25) is 14.5 Å². The van der Waals surface area contributed by atoms with E-state index in [4.69, 9.17) is 9.15 Å². The van der Waals surface area contributed by atoms with Crippen LogP contribution in [-0.4, -0.2) is 22.7 Å². The minimum atomic E-state index is -0.710. The summed E-state index contributed by atoms with van der Waals surface area (Å²) in [6.45, 7) is 7.74. The first-order valence-electron chi connectivity index (χ1n) is 10.0. The summed E-state index contributed by atoms with van der Waals surface area (Å²) in [5, 5.41) is 9.80. The van der Waals surface area contributed by atoms with Crippen LogP contribution in [0.15, 0.2) is 64.3 Å². The molecule has 0 fully saturated rings. The normalized spacial score (nSPS) is 15.2. The first kappa shape index (κ1) is 20.1. The van der Waals surface area contributed by atoms with Crippen molar-refractivity contribution in [2.45, 2.75) is 19.9 Å². The maximum absolute atomic E-state index is 13.6. The summed E-state index contributed by atoms with van der Waals surface area (Å²) < 4.78 is 11.7. The third kappa shape index (κ3) is 3.20. The van der Waals surface area contributed by atoms with Gasteiger partial charge in [0.25, 0.3) is 5.91 Å². The number of amides is 1. The lowest BCUT2D eigenvalue weighted by atomic mass is 9.98. The Balaban J connectivity index is 1.77. The number of rotatable bonds is 5. The van der Waals surface area contributed by atoms with E-state index >= 15 is 0 Å². The average Bonchev–Trinajstić information content (AvgIpc) is 3.34. The van der Waals surface area contributed by atoms with E-state index in [1.165, 1.54) is 16.2 Å². The number of carbonyl (C=O) groups is 1. The molecule has 0 saturated heterocycles. The molecule has 0 saturated carbocycles. The van der Waals surface area contributed by atoms with E-state index in [1.807, 2.05) is 44.2 Å². The molecule has 32 heavy (non-hydrogen) atoms. The Bertz CT molecular complexity index is 1440. The van der Waals surface area contributed by atoms with E-state index in [0.29, 0.717) is 44.6 Å². The van der Waals surface area contributed by atoms with Gasteiger partial charge in [0, 0.05) is 0 Å². The topological polar surface area (TPSA) is 85.5 Å². The minimum Gasteiger partial charge on any atom is -0.490 e. The number of fused-ring (bicyclic) bond motifs is 2. The van der Waals surface area contributed by atoms with Crippen LogP contribution in [-0.2, 0) is 0 Å². The zero-order chi connectivity index (χ0) is 22.4. The summed E-state index contributed by atoms with van der Waals surface area (Å²) in [5.41, 5.74) is 2.09. The van der Waals surface area contributed by atoms with Gasteiger partial charge >= 0.3 is 0 Å². The first-order valence-corrected chi connectivity index (χ1v) is 10.8. The Labute approximate surface area is 187 Å². The highest BCUT2D eigenvalue weighted by Gasteiger charge is 2.45. The van der Waals surface area contributed by atoms with Crippen LogP contribution in [0.2, 0.25) is 0 Å². The highest BCUT2D eigenvalue weighted by atomic mass is 32.1. The van der Waals surface area contributed by atoms with E-state index in [0.717, 1.165) is 5.56 Å². The molecule has 0 spiro atoms. The van der Waals surface area contributed by atoms with Crippen molar-refractivity contribution in [3.8, 4) is 5.75 Å². The molecule has 0 bridgehead atoms. The molecule has 1 atom stereocenters. The Morgan fingerprint density at radius 1 is 1.19 bits per heavy atom. The number of aryl methyl sites for hydroxylation is 2. The SMILES string of the molecule is C=CCOc1cccc([C@@H]2c3c(oc4ccc(C)cc4c3=O)C(=O)N2c2nnc(C)s2)c1. The summed E-state index contributed by atoms with van der Waals surface area (Å²) in [6, 6.07) is 12.0. The number of ether oxygens (including phenoxy) is 1. The van der Waals surface area contributed by atoms with Crippen molar-refractivity contribution in [2.24, 2.45) is 0 Å². The molecule has 8 heteroatoms. The number of hydrogen-bond donors (Lipinski definition) is 0. The molecular formula is C24H19N3O4S. The lowest BCUT2D eigenvalue weighted by molar-refractivity contribution is 0.0970. The highest BCUT2D eigenvalue weighted by molar-refractivity contribution is 7.15. The molecule has 1 amide bonds. The van der Waals surface area contributed by atoms with Crippen LogP contribution in [0.3, 0.4) is 0 Å². The van der Waals surface area contributed by atoms with Crippen molar-refractivity contribution in [3.05, 3.63) is 92.8 Å². The van der Waals surface area contributed by atoms with Crippen LogP contribution >= 0.6 is 11.3 Å². The van der Waals surface area contributed by atoms with Gasteiger partial charge in [-0.15, -0.1) is 10.2 Å². The lowest BCUT2D eigenvalue weighted by Crippen LogP contribution is -2.29. The summed E-state index contributed by atoms with van der Waals surface area (Å²) in [5.74, 6) is 0.220. The zero-order valence-electron chi connectivity index (χ0n) is 17.5. The fourth-order valence-electron chi connectivity index (χ4n) is 3.91. The molecule has 7 nitrogen and oxygen atoms in total. The molecule has 2 aromatic heterocycles. The second-order valence-corrected chi connectivity index (χ2v) is 8.69. The maximum atomic E-state index is 13.6. The summed E-state index contributed by atoms with van der Waals surface area (Å²) in [4.78, 5) is 28.6. The van der Waals surface area contributed by atoms with Gasteiger partial charge in [-0.2, -0.15) is 0 Å².